The molecule has 0 atom stereocenters. The first kappa shape index (κ1) is 14.8. The van der Waals surface area contributed by atoms with Gasteiger partial charge < -0.3 is 10.2 Å². The van der Waals surface area contributed by atoms with E-state index in [1.807, 2.05) is 0 Å². The Hall–Kier alpha value is -0.280. The molecule has 1 aliphatic carbocycles. The first-order chi connectivity index (χ1) is 7.78. The van der Waals surface area contributed by atoms with Crippen LogP contribution in [0.15, 0.2) is 0 Å². The second kappa shape index (κ2) is 6.60. The number of halogens is 1. The van der Waals surface area contributed by atoms with E-state index in [1.165, 1.54) is 12.8 Å². The van der Waals surface area contributed by atoms with Crippen LogP contribution >= 0.6 is 12.4 Å². The van der Waals surface area contributed by atoms with Crippen molar-refractivity contribution in [1.29, 1.82) is 0 Å². The zero-order valence-electron chi connectivity index (χ0n) is 10.8. The lowest BCUT2D eigenvalue weighted by Crippen LogP contribution is -2.44. The van der Waals surface area contributed by atoms with Crippen molar-refractivity contribution in [3.05, 3.63) is 0 Å². The fraction of sp³-hybridized carbons (Fsp3) is 0.923. The summed E-state index contributed by atoms with van der Waals surface area (Å²) in [5, 5.41) is 3.36. The summed E-state index contributed by atoms with van der Waals surface area (Å²) in [5.74, 6) is 0.441. The fourth-order valence-corrected chi connectivity index (χ4v) is 3.15. The highest BCUT2D eigenvalue weighted by molar-refractivity contribution is 5.85. The molecule has 100 valence electrons. The average molecular weight is 261 g/mol. The smallest absolute Gasteiger partial charge is 0.228 e. The number of hydrogen-bond donors (Lipinski definition) is 1. The van der Waals surface area contributed by atoms with Crippen molar-refractivity contribution in [3.63, 3.8) is 0 Å². The number of hydrogen-bond acceptors (Lipinski definition) is 2. The lowest BCUT2D eigenvalue weighted by molar-refractivity contribution is -0.142. The Morgan fingerprint density at radius 1 is 1.18 bits per heavy atom. The van der Waals surface area contributed by atoms with Crippen molar-refractivity contribution < 1.29 is 4.79 Å². The van der Waals surface area contributed by atoms with E-state index < -0.39 is 0 Å². The molecular weight excluding hydrogens is 236 g/mol. The van der Waals surface area contributed by atoms with E-state index in [9.17, 15) is 4.79 Å². The second-order valence-electron chi connectivity index (χ2n) is 5.24. The van der Waals surface area contributed by atoms with Gasteiger partial charge >= 0.3 is 0 Å². The van der Waals surface area contributed by atoms with Gasteiger partial charge in [0, 0.05) is 25.0 Å². The van der Waals surface area contributed by atoms with Crippen LogP contribution in [0.3, 0.4) is 0 Å². The molecule has 1 saturated heterocycles. The van der Waals surface area contributed by atoms with Crippen molar-refractivity contribution in [2.45, 2.75) is 45.4 Å². The van der Waals surface area contributed by atoms with Gasteiger partial charge in [-0.15, -0.1) is 12.4 Å². The van der Waals surface area contributed by atoms with Crippen molar-refractivity contribution >= 4 is 18.3 Å². The summed E-state index contributed by atoms with van der Waals surface area (Å²) in [6.07, 6.45) is 6.84. The van der Waals surface area contributed by atoms with E-state index in [0.717, 1.165) is 51.9 Å². The van der Waals surface area contributed by atoms with Gasteiger partial charge in [0.05, 0.1) is 0 Å². The third-order valence-corrected chi connectivity index (χ3v) is 4.32. The zero-order valence-corrected chi connectivity index (χ0v) is 11.7. The lowest BCUT2D eigenvalue weighted by atomic mass is 9.82. The summed E-state index contributed by atoms with van der Waals surface area (Å²) < 4.78 is 0. The summed E-state index contributed by atoms with van der Waals surface area (Å²) >= 11 is 0. The zero-order chi connectivity index (χ0) is 11.4. The van der Waals surface area contributed by atoms with E-state index in [0.29, 0.717) is 5.91 Å². The van der Waals surface area contributed by atoms with Gasteiger partial charge in [-0.2, -0.15) is 0 Å². The molecule has 17 heavy (non-hydrogen) atoms. The van der Waals surface area contributed by atoms with Crippen LogP contribution in [0, 0.1) is 5.41 Å². The largest absolute Gasteiger partial charge is 0.341 e. The topological polar surface area (TPSA) is 32.3 Å². The van der Waals surface area contributed by atoms with Gasteiger partial charge in [-0.3, -0.25) is 4.79 Å². The Morgan fingerprint density at radius 2 is 1.88 bits per heavy atom. The Kier molecular flexibility index (Phi) is 5.74. The Morgan fingerprint density at radius 3 is 2.53 bits per heavy atom. The maximum Gasteiger partial charge on any atom is 0.228 e. The van der Waals surface area contributed by atoms with E-state index in [-0.39, 0.29) is 17.8 Å². The summed E-state index contributed by atoms with van der Waals surface area (Å²) in [4.78, 5) is 14.7. The van der Waals surface area contributed by atoms with Crippen LogP contribution in [0.25, 0.3) is 0 Å². The molecule has 1 amide bonds. The molecule has 0 spiro atoms. The lowest BCUT2D eigenvalue weighted by Gasteiger charge is -2.33. The molecule has 1 N–H and O–H groups in total. The third-order valence-electron chi connectivity index (χ3n) is 4.32. The van der Waals surface area contributed by atoms with Gasteiger partial charge in [-0.05, 0) is 32.2 Å². The van der Waals surface area contributed by atoms with Crippen molar-refractivity contribution in [2.75, 3.05) is 26.2 Å². The van der Waals surface area contributed by atoms with E-state index in [4.69, 9.17) is 0 Å². The highest BCUT2D eigenvalue weighted by Crippen LogP contribution is 2.42. The Balaban J connectivity index is 0.00000144. The highest BCUT2D eigenvalue weighted by Gasteiger charge is 2.41. The fourth-order valence-electron chi connectivity index (χ4n) is 3.15. The minimum absolute atomic E-state index is 0. The van der Waals surface area contributed by atoms with Gasteiger partial charge in [0.15, 0.2) is 0 Å². The summed E-state index contributed by atoms with van der Waals surface area (Å²) in [7, 11) is 0. The van der Waals surface area contributed by atoms with Gasteiger partial charge in [0.1, 0.15) is 0 Å². The van der Waals surface area contributed by atoms with Crippen LogP contribution in [0.2, 0.25) is 0 Å². The molecule has 4 heteroatoms. The maximum absolute atomic E-state index is 12.6. The van der Waals surface area contributed by atoms with Gasteiger partial charge in [-0.25, -0.2) is 0 Å². The summed E-state index contributed by atoms with van der Waals surface area (Å²) in [6, 6.07) is 0. The van der Waals surface area contributed by atoms with Crippen molar-refractivity contribution in [1.82, 2.24) is 10.2 Å². The van der Waals surface area contributed by atoms with Crippen LogP contribution in [-0.2, 0) is 4.79 Å². The number of rotatable bonds is 2. The summed E-state index contributed by atoms with van der Waals surface area (Å²) in [5.41, 5.74) is 0.00431. The van der Waals surface area contributed by atoms with E-state index >= 15 is 0 Å². The molecule has 1 aliphatic heterocycles. The molecule has 0 bridgehead atoms. The Bertz CT molecular complexity index is 244. The number of carbonyl (C=O) groups excluding carboxylic acids is 1. The molecule has 1 saturated carbocycles. The number of amides is 1. The predicted molar refractivity (Wildman–Crippen MR) is 72.5 cm³/mol. The van der Waals surface area contributed by atoms with Gasteiger partial charge in [-0.1, -0.05) is 19.8 Å². The first-order valence-corrected chi connectivity index (χ1v) is 6.79. The molecule has 3 nitrogen and oxygen atoms in total. The third kappa shape index (κ3) is 3.14. The normalized spacial score (nSPS) is 23.9. The quantitative estimate of drug-likeness (QED) is 0.826. The SMILES string of the molecule is CCC1(C(=O)N2CCCNCC2)CCCC1.Cl. The second-order valence-corrected chi connectivity index (χ2v) is 5.24. The monoisotopic (exact) mass is 260 g/mol. The highest BCUT2D eigenvalue weighted by atomic mass is 35.5. The van der Waals surface area contributed by atoms with Crippen molar-refractivity contribution in [3.8, 4) is 0 Å². The van der Waals surface area contributed by atoms with E-state index in [1.54, 1.807) is 0 Å². The number of nitrogens with one attached hydrogen (secondary N) is 1. The molecule has 0 unspecified atom stereocenters. The molecular formula is C13H25ClN2O. The van der Waals surface area contributed by atoms with Crippen molar-refractivity contribution in [2.24, 2.45) is 5.41 Å². The van der Waals surface area contributed by atoms with Crippen LogP contribution in [-0.4, -0.2) is 37.0 Å². The van der Waals surface area contributed by atoms with Crippen LogP contribution in [0.5, 0.6) is 0 Å². The number of nitrogens with zero attached hydrogens (tertiary/aromatic N) is 1. The van der Waals surface area contributed by atoms with Crippen LogP contribution in [0.4, 0.5) is 0 Å². The molecule has 0 radical (unpaired) electrons. The predicted octanol–water partition coefficient (Wildman–Crippen LogP) is 2.20. The molecule has 2 fully saturated rings. The number of carbonyl (C=O) groups is 1. The summed E-state index contributed by atoms with van der Waals surface area (Å²) in [6.45, 7) is 6.06. The molecule has 2 rings (SSSR count). The standard InChI is InChI=1S/C13H24N2O.ClH/c1-2-13(6-3-4-7-13)12(16)15-10-5-8-14-9-11-15;/h14H,2-11H2,1H3;1H. The van der Waals surface area contributed by atoms with E-state index in [2.05, 4.69) is 17.1 Å². The van der Waals surface area contributed by atoms with Crippen LogP contribution < -0.4 is 5.32 Å². The minimum atomic E-state index is 0. The van der Waals surface area contributed by atoms with Gasteiger partial charge in [0.2, 0.25) is 5.91 Å². The maximum atomic E-state index is 12.6. The molecule has 0 aromatic carbocycles. The molecule has 2 aliphatic rings. The van der Waals surface area contributed by atoms with Gasteiger partial charge in [0.25, 0.3) is 0 Å². The molecule has 1 heterocycles. The molecule has 0 aromatic heterocycles. The first-order valence-electron chi connectivity index (χ1n) is 6.79. The Labute approximate surface area is 111 Å². The molecule has 0 aromatic rings. The van der Waals surface area contributed by atoms with Crippen LogP contribution in [0.1, 0.15) is 45.4 Å². The average Bonchev–Trinajstić information content (AvgIpc) is 2.64. The minimum Gasteiger partial charge on any atom is -0.341 e.